The van der Waals surface area contributed by atoms with E-state index >= 15 is 0 Å². The van der Waals surface area contributed by atoms with Crippen molar-refractivity contribution < 1.29 is 9.53 Å². The second kappa shape index (κ2) is 6.96. The molecule has 0 radical (unpaired) electrons. The largest absolute Gasteiger partial charge is 0.449 e. The molecule has 1 amide bonds. The highest BCUT2D eigenvalue weighted by Gasteiger charge is 2.21. The van der Waals surface area contributed by atoms with Crippen molar-refractivity contribution in [2.75, 3.05) is 19.7 Å². The molecule has 1 saturated carbocycles. The molecule has 1 aromatic rings. The number of aromatic nitrogens is 2. The number of rotatable bonds is 3. The molecule has 2 aliphatic rings. The molecule has 3 rings (SSSR count). The molecule has 5 heteroatoms. The lowest BCUT2D eigenvalue weighted by Crippen LogP contribution is -2.34. The molecule has 2 heterocycles. The van der Waals surface area contributed by atoms with Crippen LogP contribution >= 0.6 is 0 Å². The molecule has 5 nitrogen and oxygen atoms in total. The third-order valence-electron chi connectivity index (χ3n) is 4.79. The SMILES string of the molecule is O=C(OCCC1CCCCC1)N1CCc2nc[nH]c2CC1. The summed E-state index contributed by atoms with van der Waals surface area (Å²) in [5, 5.41) is 0. The summed E-state index contributed by atoms with van der Waals surface area (Å²) in [6.07, 6.45) is 10.9. The van der Waals surface area contributed by atoms with Crippen molar-refractivity contribution in [1.29, 1.82) is 0 Å². The highest BCUT2D eigenvalue weighted by molar-refractivity contribution is 5.67. The topological polar surface area (TPSA) is 58.2 Å². The number of hydrogen-bond donors (Lipinski definition) is 1. The first-order chi connectivity index (χ1) is 10.3. The third-order valence-corrected chi connectivity index (χ3v) is 4.79. The number of nitrogens with zero attached hydrogens (tertiary/aromatic N) is 2. The number of fused-ring (bicyclic) bond motifs is 1. The maximum absolute atomic E-state index is 12.1. The van der Waals surface area contributed by atoms with Crippen LogP contribution in [0.15, 0.2) is 6.33 Å². The van der Waals surface area contributed by atoms with E-state index in [0.29, 0.717) is 13.2 Å². The van der Waals surface area contributed by atoms with Crippen LogP contribution in [0, 0.1) is 5.92 Å². The van der Waals surface area contributed by atoms with Gasteiger partial charge in [0.05, 0.1) is 18.6 Å². The van der Waals surface area contributed by atoms with Crippen molar-refractivity contribution in [3.63, 3.8) is 0 Å². The van der Waals surface area contributed by atoms with Crippen LogP contribution in [0.4, 0.5) is 4.79 Å². The molecular formula is C16H25N3O2. The van der Waals surface area contributed by atoms with Crippen LogP contribution in [0.25, 0.3) is 0 Å². The van der Waals surface area contributed by atoms with Gasteiger partial charge in [0.25, 0.3) is 0 Å². The Balaban J connectivity index is 1.40. The van der Waals surface area contributed by atoms with Crippen LogP contribution in [0.5, 0.6) is 0 Å². The average Bonchev–Trinajstić information content (AvgIpc) is 2.87. The summed E-state index contributed by atoms with van der Waals surface area (Å²) in [5.41, 5.74) is 2.25. The minimum absolute atomic E-state index is 0.157. The monoisotopic (exact) mass is 291 g/mol. The quantitative estimate of drug-likeness (QED) is 0.931. The smallest absolute Gasteiger partial charge is 0.409 e. The van der Waals surface area contributed by atoms with Crippen LogP contribution in [0.3, 0.4) is 0 Å². The van der Waals surface area contributed by atoms with Gasteiger partial charge >= 0.3 is 6.09 Å². The van der Waals surface area contributed by atoms with Crippen molar-refractivity contribution in [3.05, 3.63) is 17.7 Å². The molecular weight excluding hydrogens is 266 g/mol. The lowest BCUT2D eigenvalue weighted by Gasteiger charge is -2.23. The molecule has 1 aliphatic carbocycles. The zero-order valence-corrected chi connectivity index (χ0v) is 12.6. The lowest BCUT2D eigenvalue weighted by atomic mass is 9.87. The van der Waals surface area contributed by atoms with E-state index < -0.39 is 0 Å². The van der Waals surface area contributed by atoms with Gasteiger partial charge in [0.1, 0.15) is 0 Å². The van der Waals surface area contributed by atoms with Gasteiger partial charge in [0, 0.05) is 31.6 Å². The Morgan fingerprint density at radius 2 is 2.10 bits per heavy atom. The summed E-state index contributed by atoms with van der Waals surface area (Å²) >= 11 is 0. The third kappa shape index (κ3) is 3.77. The van der Waals surface area contributed by atoms with Crippen molar-refractivity contribution in [2.45, 2.75) is 51.4 Å². The van der Waals surface area contributed by atoms with Gasteiger partial charge in [-0.3, -0.25) is 0 Å². The van der Waals surface area contributed by atoms with Gasteiger partial charge in [-0.25, -0.2) is 9.78 Å². The van der Waals surface area contributed by atoms with Gasteiger partial charge in [0.15, 0.2) is 0 Å². The van der Waals surface area contributed by atoms with Gasteiger partial charge in [-0.2, -0.15) is 0 Å². The normalized spacial score (nSPS) is 19.9. The average molecular weight is 291 g/mol. The highest BCUT2D eigenvalue weighted by Crippen LogP contribution is 2.26. The second-order valence-electron chi connectivity index (χ2n) is 6.22. The molecule has 0 atom stereocenters. The molecule has 116 valence electrons. The van der Waals surface area contributed by atoms with E-state index in [-0.39, 0.29) is 6.09 Å². The van der Waals surface area contributed by atoms with Crippen molar-refractivity contribution >= 4 is 6.09 Å². The van der Waals surface area contributed by atoms with E-state index in [1.807, 2.05) is 4.90 Å². The Bertz CT molecular complexity index is 443. The Morgan fingerprint density at radius 3 is 2.95 bits per heavy atom. The number of carbonyl (C=O) groups excluding carboxylic acids is 1. The van der Waals surface area contributed by atoms with Gasteiger partial charge in [0.2, 0.25) is 0 Å². The maximum atomic E-state index is 12.1. The molecule has 1 aliphatic heterocycles. The summed E-state index contributed by atoms with van der Waals surface area (Å²) in [7, 11) is 0. The molecule has 21 heavy (non-hydrogen) atoms. The predicted octanol–water partition coefficient (Wildman–Crippen LogP) is 2.92. The van der Waals surface area contributed by atoms with Crippen molar-refractivity contribution in [2.24, 2.45) is 5.92 Å². The number of hydrogen-bond acceptors (Lipinski definition) is 3. The number of aromatic amines is 1. The number of amides is 1. The van der Waals surface area contributed by atoms with Gasteiger partial charge in [-0.1, -0.05) is 32.1 Å². The highest BCUT2D eigenvalue weighted by atomic mass is 16.6. The van der Waals surface area contributed by atoms with Crippen molar-refractivity contribution in [3.8, 4) is 0 Å². The first kappa shape index (κ1) is 14.4. The minimum Gasteiger partial charge on any atom is -0.449 e. The van der Waals surface area contributed by atoms with Crippen LogP contribution in [0.2, 0.25) is 0 Å². The number of imidazole rings is 1. The molecule has 1 N–H and O–H groups in total. The van der Waals surface area contributed by atoms with Gasteiger partial charge < -0.3 is 14.6 Å². The predicted molar refractivity (Wildman–Crippen MR) is 80.1 cm³/mol. The fourth-order valence-electron chi connectivity index (χ4n) is 3.44. The Kier molecular flexibility index (Phi) is 4.78. The fraction of sp³-hybridized carbons (Fsp3) is 0.750. The number of H-pyrrole nitrogens is 1. The zero-order chi connectivity index (χ0) is 14.5. The van der Waals surface area contributed by atoms with E-state index in [9.17, 15) is 4.79 Å². The fourth-order valence-corrected chi connectivity index (χ4v) is 3.44. The number of nitrogens with one attached hydrogen (secondary N) is 1. The Morgan fingerprint density at radius 1 is 1.29 bits per heavy atom. The lowest BCUT2D eigenvalue weighted by molar-refractivity contribution is 0.0957. The van der Waals surface area contributed by atoms with Crippen LogP contribution in [-0.2, 0) is 17.6 Å². The summed E-state index contributed by atoms with van der Waals surface area (Å²) in [6.45, 7) is 2.00. The molecule has 0 saturated heterocycles. The maximum Gasteiger partial charge on any atom is 0.409 e. The summed E-state index contributed by atoms with van der Waals surface area (Å²) < 4.78 is 5.47. The molecule has 1 fully saturated rings. The van der Waals surface area contributed by atoms with Crippen molar-refractivity contribution in [1.82, 2.24) is 14.9 Å². The summed E-state index contributed by atoms with van der Waals surface area (Å²) in [4.78, 5) is 21.4. The van der Waals surface area contributed by atoms with E-state index in [4.69, 9.17) is 4.74 Å². The van der Waals surface area contributed by atoms with Crippen LogP contribution in [0.1, 0.15) is 49.9 Å². The van der Waals surface area contributed by atoms with Crippen LogP contribution in [-0.4, -0.2) is 40.7 Å². The van der Waals surface area contributed by atoms with E-state index in [1.54, 1.807) is 6.33 Å². The Labute approximate surface area is 126 Å². The van der Waals surface area contributed by atoms with Gasteiger partial charge in [-0.05, 0) is 12.3 Å². The number of ether oxygens (including phenoxy) is 1. The molecule has 0 spiro atoms. The van der Waals surface area contributed by atoms with E-state index in [1.165, 1.54) is 32.1 Å². The number of carbonyl (C=O) groups is 1. The van der Waals surface area contributed by atoms with E-state index in [0.717, 1.165) is 43.1 Å². The summed E-state index contributed by atoms with van der Waals surface area (Å²) in [5.74, 6) is 0.764. The minimum atomic E-state index is -0.157. The van der Waals surface area contributed by atoms with E-state index in [2.05, 4.69) is 9.97 Å². The van der Waals surface area contributed by atoms with Crippen LogP contribution < -0.4 is 0 Å². The Hall–Kier alpha value is -1.52. The molecule has 1 aromatic heterocycles. The first-order valence-corrected chi connectivity index (χ1v) is 8.26. The molecule has 0 aromatic carbocycles. The zero-order valence-electron chi connectivity index (χ0n) is 12.6. The summed E-state index contributed by atoms with van der Waals surface area (Å²) in [6, 6.07) is 0. The van der Waals surface area contributed by atoms with Gasteiger partial charge in [-0.15, -0.1) is 0 Å². The second-order valence-corrected chi connectivity index (χ2v) is 6.22. The molecule has 0 bridgehead atoms. The standard InChI is InChI=1S/C16H25N3O2/c20-16(21-11-8-13-4-2-1-3-5-13)19-9-6-14-15(7-10-19)18-12-17-14/h12-13H,1-11H2,(H,17,18). The first-order valence-electron chi connectivity index (χ1n) is 8.26. The molecule has 0 unspecified atom stereocenters.